The minimum absolute atomic E-state index is 0.116. The molecule has 1 amide bonds. The molecule has 3 heterocycles. The minimum Gasteiger partial charge on any atom is -0.368 e. The number of amides is 1. The van der Waals surface area contributed by atoms with Crippen molar-refractivity contribution in [3.8, 4) is 0 Å². The first-order valence-electron chi connectivity index (χ1n) is 10.5. The second-order valence-electron chi connectivity index (χ2n) is 7.60. The van der Waals surface area contributed by atoms with Crippen LogP contribution in [0.5, 0.6) is 0 Å². The van der Waals surface area contributed by atoms with Crippen molar-refractivity contribution < 1.29 is 4.79 Å². The van der Waals surface area contributed by atoms with Crippen LogP contribution in [0.15, 0.2) is 90.1 Å². The molecule has 0 saturated carbocycles. The fourth-order valence-corrected chi connectivity index (χ4v) is 4.88. The molecule has 5 nitrogen and oxygen atoms in total. The molecule has 2 aromatic carbocycles. The lowest BCUT2D eigenvalue weighted by Crippen LogP contribution is -2.48. The van der Waals surface area contributed by atoms with Crippen molar-refractivity contribution in [2.45, 2.75) is 10.6 Å². The van der Waals surface area contributed by atoms with Crippen LogP contribution in [0.4, 0.5) is 5.69 Å². The van der Waals surface area contributed by atoms with E-state index < -0.39 is 0 Å². The van der Waals surface area contributed by atoms with Gasteiger partial charge in [0.2, 0.25) is 0 Å². The van der Waals surface area contributed by atoms with E-state index in [2.05, 4.69) is 40.3 Å². The maximum absolute atomic E-state index is 13.3. The highest BCUT2D eigenvalue weighted by Gasteiger charge is 2.24. The molecule has 0 atom stereocenters. The summed E-state index contributed by atoms with van der Waals surface area (Å²) >= 11 is 1.67. The van der Waals surface area contributed by atoms with E-state index in [4.69, 9.17) is 0 Å². The number of piperazine rings is 1. The number of rotatable bonds is 5. The summed E-state index contributed by atoms with van der Waals surface area (Å²) in [4.78, 5) is 23.3. The zero-order valence-corrected chi connectivity index (χ0v) is 18.0. The number of benzene rings is 2. The number of anilines is 1. The minimum atomic E-state index is 0.116. The highest BCUT2D eigenvalue weighted by atomic mass is 32.2. The van der Waals surface area contributed by atoms with E-state index in [0.29, 0.717) is 0 Å². The van der Waals surface area contributed by atoms with Crippen LogP contribution < -0.4 is 4.90 Å². The van der Waals surface area contributed by atoms with Crippen LogP contribution in [-0.4, -0.2) is 46.4 Å². The Balaban J connectivity index is 1.26. The number of imidazole rings is 1. The van der Waals surface area contributed by atoms with Gasteiger partial charge in [-0.2, -0.15) is 0 Å². The second-order valence-corrected chi connectivity index (χ2v) is 8.62. The summed E-state index contributed by atoms with van der Waals surface area (Å²) in [5, 5.41) is 0. The number of carbonyl (C=O) groups excluding carboxylic acids is 1. The van der Waals surface area contributed by atoms with E-state index in [1.807, 2.05) is 64.0 Å². The van der Waals surface area contributed by atoms with Crippen LogP contribution in [-0.2, 0) is 5.75 Å². The number of aromatic nitrogens is 2. The van der Waals surface area contributed by atoms with Crippen LogP contribution in [0.3, 0.4) is 0 Å². The van der Waals surface area contributed by atoms with Gasteiger partial charge in [0.25, 0.3) is 5.91 Å². The van der Waals surface area contributed by atoms with Gasteiger partial charge in [0.05, 0.1) is 11.3 Å². The summed E-state index contributed by atoms with van der Waals surface area (Å²) in [5.74, 6) is 0.846. The van der Waals surface area contributed by atoms with Crippen LogP contribution in [0.1, 0.15) is 16.1 Å². The third kappa shape index (κ3) is 4.30. The summed E-state index contributed by atoms with van der Waals surface area (Å²) in [7, 11) is 0. The molecule has 1 aliphatic rings. The van der Waals surface area contributed by atoms with Crippen molar-refractivity contribution in [2.75, 3.05) is 31.1 Å². The van der Waals surface area contributed by atoms with Gasteiger partial charge >= 0.3 is 0 Å². The molecule has 0 aliphatic carbocycles. The lowest BCUT2D eigenvalue weighted by Gasteiger charge is -2.36. The van der Waals surface area contributed by atoms with Gasteiger partial charge in [-0.25, -0.2) is 4.98 Å². The molecule has 0 unspecified atom stereocenters. The summed E-state index contributed by atoms with van der Waals surface area (Å²) in [6, 6.07) is 24.3. The third-order valence-corrected chi connectivity index (χ3v) is 6.70. The monoisotopic (exact) mass is 428 g/mol. The maximum Gasteiger partial charge on any atom is 0.255 e. The highest BCUT2D eigenvalue weighted by molar-refractivity contribution is 7.98. The molecule has 31 heavy (non-hydrogen) atoms. The fourth-order valence-electron chi connectivity index (χ4n) is 3.95. The van der Waals surface area contributed by atoms with Gasteiger partial charge in [-0.15, -0.1) is 11.8 Å². The predicted octanol–water partition coefficient (Wildman–Crippen LogP) is 4.59. The fraction of sp³-hybridized carbons (Fsp3) is 0.200. The lowest BCUT2D eigenvalue weighted by atomic mass is 10.1. The van der Waals surface area contributed by atoms with Gasteiger partial charge in [0.1, 0.15) is 5.65 Å². The van der Waals surface area contributed by atoms with E-state index in [1.54, 1.807) is 11.8 Å². The molecule has 156 valence electrons. The Kier molecular flexibility index (Phi) is 5.63. The van der Waals surface area contributed by atoms with E-state index in [-0.39, 0.29) is 5.91 Å². The molecule has 1 saturated heterocycles. The zero-order valence-electron chi connectivity index (χ0n) is 17.2. The predicted molar refractivity (Wildman–Crippen MR) is 126 cm³/mol. The van der Waals surface area contributed by atoms with Crippen LogP contribution in [0.25, 0.3) is 5.65 Å². The molecular weight excluding hydrogens is 404 g/mol. The van der Waals surface area contributed by atoms with Crippen molar-refractivity contribution in [1.82, 2.24) is 14.3 Å². The van der Waals surface area contributed by atoms with E-state index in [9.17, 15) is 4.79 Å². The number of para-hydroxylation sites is 1. The van der Waals surface area contributed by atoms with E-state index >= 15 is 0 Å². The third-order valence-electron chi connectivity index (χ3n) is 5.60. The van der Waals surface area contributed by atoms with Gasteiger partial charge in [0.15, 0.2) is 0 Å². The molecule has 0 bridgehead atoms. The molecule has 4 aromatic rings. The number of hydrogen-bond donors (Lipinski definition) is 0. The van der Waals surface area contributed by atoms with Crippen LogP contribution in [0.2, 0.25) is 0 Å². The first kappa shape index (κ1) is 19.7. The number of hydrogen-bond acceptors (Lipinski definition) is 4. The number of nitrogens with zero attached hydrogens (tertiary/aromatic N) is 4. The van der Waals surface area contributed by atoms with Gasteiger partial charge in [-0.1, -0.05) is 36.4 Å². The summed E-state index contributed by atoms with van der Waals surface area (Å²) in [6.07, 6.45) is 4.05. The lowest BCUT2D eigenvalue weighted by molar-refractivity contribution is 0.0743. The Labute approximate surface area is 186 Å². The van der Waals surface area contributed by atoms with Gasteiger partial charge in [-0.3, -0.25) is 4.79 Å². The van der Waals surface area contributed by atoms with E-state index in [0.717, 1.165) is 53.7 Å². The Morgan fingerprint density at radius 1 is 0.871 bits per heavy atom. The SMILES string of the molecule is O=C(c1ccccc1SCc1cn2ccccc2n1)N1CCN(c2ccccc2)CC1. The normalized spacial score (nSPS) is 14.2. The Hall–Kier alpha value is -3.25. The Morgan fingerprint density at radius 2 is 1.61 bits per heavy atom. The summed E-state index contributed by atoms with van der Waals surface area (Å²) < 4.78 is 2.03. The first-order valence-corrected chi connectivity index (χ1v) is 11.5. The molecule has 1 aliphatic heterocycles. The van der Waals surface area contributed by atoms with Crippen molar-refractivity contribution in [1.29, 1.82) is 0 Å². The van der Waals surface area contributed by atoms with Crippen molar-refractivity contribution in [3.63, 3.8) is 0 Å². The highest BCUT2D eigenvalue weighted by Crippen LogP contribution is 2.28. The van der Waals surface area contributed by atoms with Gasteiger partial charge in [0, 0.05) is 54.9 Å². The summed E-state index contributed by atoms with van der Waals surface area (Å²) in [6.45, 7) is 3.18. The summed E-state index contributed by atoms with van der Waals surface area (Å²) in [5.41, 5.74) is 3.95. The molecule has 6 heteroatoms. The number of thioether (sulfide) groups is 1. The molecule has 0 N–H and O–H groups in total. The van der Waals surface area contributed by atoms with Crippen LogP contribution >= 0.6 is 11.8 Å². The molecule has 0 radical (unpaired) electrons. The largest absolute Gasteiger partial charge is 0.368 e. The Bertz CT molecular complexity index is 1150. The first-order chi connectivity index (χ1) is 15.3. The van der Waals surface area contributed by atoms with Crippen molar-refractivity contribution in [3.05, 3.63) is 96.4 Å². The second kappa shape index (κ2) is 8.86. The van der Waals surface area contributed by atoms with Gasteiger partial charge in [-0.05, 0) is 36.4 Å². The maximum atomic E-state index is 13.3. The van der Waals surface area contributed by atoms with Crippen molar-refractivity contribution in [2.24, 2.45) is 0 Å². The van der Waals surface area contributed by atoms with E-state index in [1.165, 1.54) is 5.69 Å². The van der Waals surface area contributed by atoms with Crippen LogP contribution in [0, 0.1) is 0 Å². The van der Waals surface area contributed by atoms with Crippen molar-refractivity contribution >= 4 is 29.0 Å². The Morgan fingerprint density at radius 3 is 2.42 bits per heavy atom. The zero-order chi connectivity index (χ0) is 21.0. The number of fused-ring (bicyclic) bond motifs is 1. The number of carbonyl (C=O) groups is 1. The molecule has 5 rings (SSSR count). The molecule has 2 aromatic heterocycles. The standard InChI is InChI=1S/C25H24N4OS/c30-25(28-16-14-27(15-17-28)21-8-2-1-3-9-21)22-10-4-5-11-23(22)31-19-20-18-29-13-7-6-12-24(29)26-20/h1-13,18H,14-17,19H2. The topological polar surface area (TPSA) is 40.9 Å². The van der Waals surface area contributed by atoms with Gasteiger partial charge < -0.3 is 14.2 Å². The molecule has 1 fully saturated rings. The number of pyridine rings is 1. The quantitative estimate of drug-likeness (QED) is 0.436. The smallest absolute Gasteiger partial charge is 0.255 e. The average molecular weight is 429 g/mol. The molecular formula is C25H24N4OS. The molecule has 0 spiro atoms. The average Bonchev–Trinajstić information content (AvgIpc) is 3.26.